The van der Waals surface area contributed by atoms with E-state index in [1.165, 1.54) is 16.6 Å². The summed E-state index contributed by atoms with van der Waals surface area (Å²) in [6, 6.07) is 2.06. The van der Waals surface area contributed by atoms with E-state index in [9.17, 15) is 4.79 Å². The van der Waals surface area contributed by atoms with Gasteiger partial charge in [-0.3, -0.25) is 4.79 Å². The summed E-state index contributed by atoms with van der Waals surface area (Å²) >= 11 is 6.61. The fraction of sp³-hybridized carbons (Fsp3) is 0.545. The lowest BCUT2D eigenvalue weighted by Crippen LogP contribution is -2.13. The lowest BCUT2D eigenvalue weighted by Gasteiger charge is -2.15. The quantitative estimate of drug-likeness (QED) is 0.772. The fourth-order valence-electron chi connectivity index (χ4n) is 1.59. The van der Waals surface area contributed by atoms with Gasteiger partial charge in [-0.25, -0.2) is 0 Å². The van der Waals surface area contributed by atoms with E-state index in [0.29, 0.717) is 6.61 Å². The fourth-order valence-corrected chi connectivity index (χ4v) is 3.99. The highest BCUT2D eigenvalue weighted by Gasteiger charge is 2.47. The van der Waals surface area contributed by atoms with Crippen molar-refractivity contribution in [3.05, 3.63) is 20.8 Å². The molecule has 1 aromatic rings. The monoisotopic (exact) mass is 320 g/mol. The van der Waals surface area contributed by atoms with Crippen LogP contribution in [0.1, 0.15) is 24.6 Å². The van der Waals surface area contributed by atoms with Crippen LogP contribution in [0.5, 0.6) is 0 Å². The maximum absolute atomic E-state index is 10.8. The van der Waals surface area contributed by atoms with Crippen molar-refractivity contribution in [3.63, 3.8) is 0 Å². The van der Waals surface area contributed by atoms with E-state index >= 15 is 0 Å². The Kier molecular flexibility index (Phi) is 4.11. The molecule has 0 amide bonds. The molecule has 0 radical (unpaired) electrons. The highest BCUT2D eigenvalue weighted by molar-refractivity contribution is 9.10. The number of carbonyl (C=O) groups is 1. The van der Waals surface area contributed by atoms with Crippen LogP contribution in [-0.2, 0) is 15.1 Å². The first-order chi connectivity index (χ1) is 7.64. The number of thiophene rings is 1. The molecule has 0 aliphatic heterocycles. The highest BCUT2D eigenvalue weighted by Crippen LogP contribution is 2.53. The van der Waals surface area contributed by atoms with Gasteiger partial charge in [-0.05, 0) is 40.2 Å². The van der Waals surface area contributed by atoms with Crippen LogP contribution in [0, 0.1) is 0 Å². The second kappa shape index (κ2) is 5.21. The van der Waals surface area contributed by atoms with Gasteiger partial charge in [0.2, 0.25) is 0 Å². The molecule has 0 N–H and O–H groups in total. The molecule has 1 heterocycles. The van der Waals surface area contributed by atoms with Gasteiger partial charge in [0.15, 0.2) is 5.12 Å². The molecule has 1 aliphatic rings. The van der Waals surface area contributed by atoms with Gasteiger partial charge >= 0.3 is 0 Å². The van der Waals surface area contributed by atoms with E-state index in [-0.39, 0.29) is 10.7 Å². The van der Waals surface area contributed by atoms with Gasteiger partial charge in [0.25, 0.3) is 0 Å². The molecule has 1 aliphatic carbocycles. The van der Waals surface area contributed by atoms with Crippen molar-refractivity contribution in [1.29, 1.82) is 0 Å². The first kappa shape index (κ1) is 12.6. The molecule has 0 unspecified atom stereocenters. The summed E-state index contributed by atoms with van der Waals surface area (Å²) in [4.78, 5) is 12.1. The molecule has 0 saturated heterocycles. The van der Waals surface area contributed by atoms with Crippen molar-refractivity contribution in [2.75, 3.05) is 12.4 Å². The number of halogens is 1. The Labute approximate surface area is 112 Å². The van der Waals surface area contributed by atoms with Crippen molar-refractivity contribution in [1.82, 2.24) is 0 Å². The van der Waals surface area contributed by atoms with Crippen LogP contribution in [0.4, 0.5) is 0 Å². The third-order valence-electron chi connectivity index (χ3n) is 2.50. The third kappa shape index (κ3) is 2.88. The SMILES string of the molecule is CC(=O)SCCOC1(c2sccc2Br)CC1. The number of hydrogen-bond donors (Lipinski definition) is 0. The molecule has 0 spiro atoms. The van der Waals surface area contributed by atoms with E-state index in [0.717, 1.165) is 23.1 Å². The second-order valence-electron chi connectivity index (χ2n) is 3.78. The topological polar surface area (TPSA) is 26.3 Å². The molecule has 2 rings (SSSR count). The first-order valence-electron chi connectivity index (χ1n) is 5.15. The number of hydrogen-bond acceptors (Lipinski definition) is 4. The van der Waals surface area contributed by atoms with E-state index in [1.807, 2.05) is 0 Å². The van der Waals surface area contributed by atoms with Crippen LogP contribution in [0.3, 0.4) is 0 Å². The minimum absolute atomic E-state index is 0.0512. The van der Waals surface area contributed by atoms with E-state index < -0.39 is 0 Å². The Morgan fingerprint density at radius 3 is 2.94 bits per heavy atom. The zero-order chi connectivity index (χ0) is 11.6. The lowest BCUT2D eigenvalue weighted by molar-refractivity contribution is -0.109. The molecule has 1 fully saturated rings. The molecule has 0 aromatic carbocycles. The standard InChI is InChI=1S/C11H13BrO2S2/c1-8(13)15-7-5-14-11(3-4-11)10-9(12)2-6-16-10/h2,6H,3-5,7H2,1H3. The summed E-state index contributed by atoms with van der Waals surface area (Å²) in [6.07, 6.45) is 2.19. The predicted molar refractivity (Wildman–Crippen MR) is 72.0 cm³/mol. The van der Waals surface area contributed by atoms with Gasteiger partial charge in [-0.15, -0.1) is 11.3 Å². The molecule has 16 heavy (non-hydrogen) atoms. The molecule has 88 valence electrons. The molecule has 0 bridgehead atoms. The van der Waals surface area contributed by atoms with Crippen molar-refractivity contribution >= 4 is 44.1 Å². The van der Waals surface area contributed by atoms with Crippen LogP contribution < -0.4 is 0 Å². The van der Waals surface area contributed by atoms with Crippen molar-refractivity contribution in [2.24, 2.45) is 0 Å². The number of thioether (sulfide) groups is 1. The van der Waals surface area contributed by atoms with Gasteiger partial charge in [0.1, 0.15) is 5.60 Å². The van der Waals surface area contributed by atoms with Crippen LogP contribution in [0.25, 0.3) is 0 Å². The number of ether oxygens (including phenoxy) is 1. The molecule has 2 nitrogen and oxygen atoms in total. The van der Waals surface area contributed by atoms with Crippen LogP contribution in [0.2, 0.25) is 0 Å². The Bertz CT molecular complexity index is 385. The second-order valence-corrected chi connectivity index (χ2v) is 6.82. The van der Waals surface area contributed by atoms with Crippen molar-refractivity contribution in [3.8, 4) is 0 Å². The molecule has 5 heteroatoms. The van der Waals surface area contributed by atoms with E-state index in [1.54, 1.807) is 18.3 Å². The summed E-state index contributed by atoms with van der Waals surface area (Å²) in [5.41, 5.74) is -0.0512. The number of carbonyl (C=O) groups excluding carboxylic acids is 1. The summed E-state index contributed by atoms with van der Waals surface area (Å²) in [5.74, 6) is 0.750. The maximum Gasteiger partial charge on any atom is 0.185 e. The Morgan fingerprint density at radius 2 is 2.44 bits per heavy atom. The van der Waals surface area contributed by atoms with Crippen LogP contribution in [0.15, 0.2) is 15.9 Å². The Morgan fingerprint density at radius 1 is 1.69 bits per heavy atom. The predicted octanol–water partition coefficient (Wildman–Crippen LogP) is 3.80. The molecule has 0 atom stereocenters. The Balaban J connectivity index is 1.85. The van der Waals surface area contributed by atoms with Crippen LogP contribution >= 0.6 is 39.0 Å². The van der Waals surface area contributed by atoms with E-state index in [4.69, 9.17) is 4.74 Å². The number of rotatable bonds is 5. The van der Waals surface area contributed by atoms with Gasteiger partial charge in [0.05, 0.1) is 11.5 Å². The first-order valence-corrected chi connectivity index (χ1v) is 7.81. The van der Waals surface area contributed by atoms with Gasteiger partial charge < -0.3 is 4.74 Å². The third-order valence-corrected chi connectivity index (χ3v) is 5.30. The molecular formula is C11H13BrO2S2. The average Bonchev–Trinajstić information content (AvgIpc) is 2.89. The van der Waals surface area contributed by atoms with Crippen molar-refractivity contribution in [2.45, 2.75) is 25.4 Å². The summed E-state index contributed by atoms with van der Waals surface area (Å²) in [7, 11) is 0. The lowest BCUT2D eigenvalue weighted by atomic mass is 10.3. The normalized spacial score (nSPS) is 17.4. The highest BCUT2D eigenvalue weighted by atomic mass is 79.9. The van der Waals surface area contributed by atoms with Gasteiger partial charge in [-0.2, -0.15) is 0 Å². The van der Waals surface area contributed by atoms with Crippen LogP contribution in [-0.4, -0.2) is 17.5 Å². The molecule has 1 aromatic heterocycles. The maximum atomic E-state index is 10.8. The average molecular weight is 321 g/mol. The smallest absolute Gasteiger partial charge is 0.185 e. The van der Waals surface area contributed by atoms with Gasteiger partial charge in [-0.1, -0.05) is 11.8 Å². The minimum Gasteiger partial charge on any atom is -0.369 e. The molecule has 1 saturated carbocycles. The van der Waals surface area contributed by atoms with Gasteiger partial charge in [0, 0.05) is 17.1 Å². The minimum atomic E-state index is -0.0512. The van der Waals surface area contributed by atoms with E-state index in [2.05, 4.69) is 27.4 Å². The Hall–Kier alpha value is 0.160. The summed E-state index contributed by atoms with van der Waals surface area (Å²) in [5, 5.41) is 2.23. The zero-order valence-corrected chi connectivity index (χ0v) is 12.2. The largest absolute Gasteiger partial charge is 0.369 e. The zero-order valence-electron chi connectivity index (χ0n) is 8.99. The summed E-state index contributed by atoms with van der Waals surface area (Å²) in [6.45, 7) is 2.24. The van der Waals surface area contributed by atoms with Crippen molar-refractivity contribution < 1.29 is 9.53 Å². The molecular weight excluding hydrogens is 308 g/mol. The summed E-state index contributed by atoms with van der Waals surface area (Å²) < 4.78 is 7.07.